The molecule has 0 N–H and O–H groups in total. The van der Waals surface area contributed by atoms with E-state index >= 15 is 0 Å². The first kappa shape index (κ1) is 10.3. The van der Waals surface area contributed by atoms with Crippen molar-refractivity contribution in [3.8, 4) is 0 Å². The molecule has 0 spiro atoms. The van der Waals surface area contributed by atoms with Crippen LogP contribution >= 0.6 is 0 Å². The molecule has 0 atom stereocenters. The summed E-state index contributed by atoms with van der Waals surface area (Å²) in [5.41, 5.74) is 2.85. The van der Waals surface area contributed by atoms with Crippen LogP contribution in [-0.2, 0) is 6.42 Å². The first-order valence-electron chi connectivity index (χ1n) is 6.20. The number of aryl methyl sites for hydroxylation is 2. The summed E-state index contributed by atoms with van der Waals surface area (Å²) in [6.45, 7) is 4.42. The molecule has 0 bridgehead atoms. The predicted octanol–water partition coefficient (Wildman–Crippen LogP) is 4.86. The average molecular weight is 220 g/mol. The SMILES string of the molecule is CCc1cc2c(ccc3ccccc32)cc1C. The second-order valence-corrected chi connectivity index (χ2v) is 4.64. The zero-order valence-corrected chi connectivity index (χ0v) is 10.3. The van der Waals surface area contributed by atoms with Crippen LogP contribution in [0.1, 0.15) is 18.1 Å². The number of rotatable bonds is 1. The average Bonchev–Trinajstić information content (AvgIpc) is 2.37. The van der Waals surface area contributed by atoms with Gasteiger partial charge in [-0.25, -0.2) is 0 Å². The van der Waals surface area contributed by atoms with Crippen molar-refractivity contribution in [1.29, 1.82) is 0 Å². The van der Waals surface area contributed by atoms with Crippen molar-refractivity contribution >= 4 is 21.5 Å². The maximum atomic E-state index is 2.35. The largest absolute Gasteiger partial charge is 0.0616 e. The normalized spacial score (nSPS) is 11.2. The molecular weight excluding hydrogens is 204 g/mol. The van der Waals surface area contributed by atoms with E-state index in [0.29, 0.717) is 0 Å². The lowest BCUT2D eigenvalue weighted by Crippen LogP contribution is -1.87. The molecule has 0 saturated carbocycles. The van der Waals surface area contributed by atoms with Crippen molar-refractivity contribution in [3.05, 3.63) is 59.7 Å². The van der Waals surface area contributed by atoms with Crippen LogP contribution in [0.3, 0.4) is 0 Å². The second kappa shape index (κ2) is 3.89. The molecule has 0 aromatic heterocycles. The van der Waals surface area contributed by atoms with E-state index in [4.69, 9.17) is 0 Å². The Labute approximate surface area is 102 Å². The summed E-state index contributed by atoms with van der Waals surface area (Å²) < 4.78 is 0. The minimum atomic E-state index is 1.10. The third-order valence-electron chi connectivity index (χ3n) is 3.58. The minimum absolute atomic E-state index is 1.10. The van der Waals surface area contributed by atoms with Crippen LogP contribution in [0.2, 0.25) is 0 Å². The summed E-state index contributed by atoms with van der Waals surface area (Å²) in [6.07, 6.45) is 1.10. The second-order valence-electron chi connectivity index (χ2n) is 4.64. The predicted molar refractivity (Wildman–Crippen MR) is 75.6 cm³/mol. The molecular formula is C17H16. The topological polar surface area (TPSA) is 0 Å². The molecule has 3 aromatic rings. The molecule has 0 aliphatic carbocycles. The summed E-state index contributed by atoms with van der Waals surface area (Å²) in [4.78, 5) is 0. The Morgan fingerprint density at radius 1 is 0.824 bits per heavy atom. The summed E-state index contributed by atoms with van der Waals surface area (Å²) in [5.74, 6) is 0. The van der Waals surface area contributed by atoms with E-state index in [1.165, 1.54) is 32.7 Å². The molecule has 0 heteroatoms. The first-order chi connectivity index (χ1) is 8.29. The van der Waals surface area contributed by atoms with Gasteiger partial charge in [-0.3, -0.25) is 0 Å². The summed E-state index contributed by atoms with van der Waals surface area (Å²) in [6, 6.07) is 17.7. The highest BCUT2D eigenvalue weighted by molar-refractivity contribution is 6.07. The molecule has 0 radical (unpaired) electrons. The van der Waals surface area contributed by atoms with Crippen LogP contribution in [0.4, 0.5) is 0 Å². The Balaban J connectivity index is 2.48. The Kier molecular flexibility index (Phi) is 2.36. The molecule has 0 nitrogen and oxygen atoms in total. The van der Waals surface area contributed by atoms with Crippen LogP contribution in [0.15, 0.2) is 48.5 Å². The van der Waals surface area contributed by atoms with Gasteiger partial charge >= 0.3 is 0 Å². The Morgan fingerprint density at radius 3 is 2.41 bits per heavy atom. The van der Waals surface area contributed by atoms with Crippen LogP contribution in [-0.4, -0.2) is 0 Å². The van der Waals surface area contributed by atoms with E-state index in [9.17, 15) is 0 Å². The molecule has 0 aliphatic heterocycles. The molecule has 0 aliphatic rings. The quantitative estimate of drug-likeness (QED) is 0.513. The fourth-order valence-corrected chi connectivity index (χ4v) is 2.59. The van der Waals surface area contributed by atoms with Crippen LogP contribution in [0.5, 0.6) is 0 Å². The molecule has 0 unspecified atom stereocenters. The van der Waals surface area contributed by atoms with E-state index in [1.54, 1.807) is 0 Å². The van der Waals surface area contributed by atoms with Crippen LogP contribution < -0.4 is 0 Å². The highest BCUT2D eigenvalue weighted by Crippen LogP contribution is 2.27. The van der Waals surface area contributed by atoms with Gasteiger partial charge in [-0.2, -0.15) is 0 Å². The molecule has 3 aromatic carbocycles. The van der Waals surface area contributed by atoms with Gasteiger partial charge in [-0.1, -0.05) is 55.5 Å². The highest BCUT2D eigenvalue weighted by atomic mass is 14.1. The van der Waals surface area contributed by atoms with Crippen molar-refractivity contribution in [3.63, 3.8) is 0 Å². The summed E-state index contributed by atoms with van der Waals surface area (Å²) >= 11 is 0. The fourth-order valence-electron chi connectivity index (χ4n) is 2.59. The maximum Gasteiger partial charge on any atom is -0.0102 e. The van der Waals surface area contributed by atoms with Crippen molar-refractivity contribution in [2.45, 2.75) is 20.3 Å². The van der Waals surface area contributed by atoms with Gasteiger partial charge in [0.25, 0.3) is 0 Å². The Morgan fingerprint density at radius 2 is 1.59 bits per heavy atom. The third kappa shape index (κ3) is 1.61. The zero-order valence-electron chi connectivity index (χ0n) is 10.3. The Hall–Kier alpha value is -1.82. The minimum Gasteiger partial charge on any atom is -0.0616 e. The number of fused-ring (bicyclic) bond motifs is 3. The smallest absolute Gasteiger partial charge is 0.0102 e. The maximum absolute atomic E-state index is 2.35. The number of hydrogen-bond donors (Lipinski definition) is 0. The Bertz CT molecular complexity index is 693. The molecule has 17 heavy (non-hydrogen) atoms. The monoisotopic (exact) mass is 220 g/mol. The number of hydrogen-bond acceptors (Lipinski definition) is 0. The lowest BCUT2D eigenvalue weighted by molar-refractivity contribution is 1.12. The van der Waals surface area contributed by atoms with E-state index in [2.05, 4.69) is 62.4 Å². The molecule has 0 amide bonds. The molecule has 0 saturated heterocycles. The van der Waals surface area contributed by atoms with Gasteiger partial charge in [-0.15, -0.1) is 0 Å². The van der Waals surface area contributed by atoms with Crippen LogP contribution in [0.25, 0.3) is 21.5 Å². The van der Waals surface area contributed by atoms with E-state index in [1.807, 2.05) is 0 Å². The van der Waals surface area contributed by atoms with E-state index < -0.39 is 0 Å². The van der Waals surface area contributed by atoms with Gasteiger partial charge in [0.1, 0.15) is 0 Å². The van der Waals surface area contributed by atoms with E-state index in [-0.39, 0.29) is 0 Å². The lowest BCUT2D eigenvalue weighted by atomic mass is 9.96. The third-order valence-corrected chi connectivity index (χ3v) is 3.58. The lowest BCUT2D eigenvalue weighted by Gasteiger charge is -2.08. The summed E-state index contributed by atoms with van der Waals surface area (Å²) in [5, 5.41) is 5.41. The summed E-state index contributed by atoms with van der Waals surface area (Å²) in [7, 11) is 0. The van der Waals surface area contributed by atoms with Gasteiger partial charge in [0.2, 0.25) is 0 Å². The molecule has 0 heterocycles. The van der Waals surface area contributed by atoms with Gasteiger partial charge < -0.3 is 0 Å². The zero-order chi connectivity index (χ0) is 11.8. The molecule has 3 rings (SSSR count). The van der Waals surface area contributed by atoms with E-state index in [0.717, 1.165) is 6.42 Å². The van der Waals surface area contributed by atoms with Crippen molar-refractivity contribution < 1.29 is 0 Å². The van der Waals surface area contributed by atoms with Gasteiger partial charge in [0.05, 0.1) is 0 Å². The van der Waals surface area contributed by atoms with Crippen molar-refractivity contribution in [2.24, 2.45) is 0 Å². The molecule has 0 fully saturated rings. The standard InChI is InChI=1S/C17H16/c1-3-13-11-17-15(10-12(13)2)9-8-14-6-4-5-7-16(14)17/h4-11H,3H2,1-2H3. The van der Waals surface area contributed by atoms with Gasteiger partial charge in [0.15, 0.2) is 0 Å². The van der Waals surface area contributed by atoms with Crippen LogP contribution in [0, 0.1) is 6.92 Å². The van der Waals surface area contributed by atoms with Crippen molar-refractivity contribution in [1.82, 2.24) is 0 Å². The van der Waals surface area contributed by atoms with Crippen molar-refractivity contribution in [2.75, 3.05) is 0 Å². The number of benzene rings is 3. The highest BCUT2D eigenvalue weighted by Gasteiger charge is 2.03. The molecule has 84 valence electrons. The fraction of sp³-hybridized carbons (Fsp3) is 0.176. The van der Waals surface area contributed by atoms with Gasteiger partial charge in [-0.05, 0) is 46.0 Å². The van der Waals surface area contributed by atoms with Gasteiger partial charge in [0, 0.05) is 0 Å². The first-order valence-corrected chi connectivity index (χ1v) is 6.20.